The molecule has 1 N–H and O–H groups in total. The van der Waals surface area contributed by atoms with Crippen LogP contribution in [0, 0.1) is 0 Å². The van der Waals surface area contributed by atoms with E-state index in [1.165, 1.54) is 0 Å². The summed E-state index contributed by atoms with van der Waals surface area (Å²) in [5.41, 5.74) is 0. The van der Waals surface area contributed by atoms with Gasteiger partial charge in [-0.1, -0.05) is 12.1 Å². The summed E-state index contributed by atoms with van der Waals surface area (Å²) in [6.07, 6.45) is 6.15. The standard InChI is InChI=1S/C13H18BrNO2S2/c1-18-11-8-6-10(7-9-11)15-19(16,17)13-5-3-2-4-12(13)14/h2-5,10-11,15H,6-9H2,1H3. The van der Waals surface area contributed by atoms with E-state index in [-0.39, 0.29) is 6.04 Å². The Kier molecular flexibility index (Phi) is 5.34. The topological polar surface area (TPSA) is 46.2 Å². The predicted octanol–water partition coefficient (Wildman–Crippen LogP) is 3.40. The molecule has 1 aliphatic carbocycles. The number of thioether (sulfide) groups is 1. The molecule has 1 fully saturated rings. The van der Waals surface area contributed by atoms with Crippen molar-refractivity contribution in [1.82, 2.24) is 4.72 Å². The highest BCUT2D eigenvalue weighted by Crippen LogP contribution is 2.28. The first-order valence-corrected chi connectivity index (χ1v) is 9.89. The predicted molar refractivity (Wildman–Crippen MR) is 84.0 cm³/mol. The van der Waals surface area contributed by atoms with Crippen LogP contribution in [-0.2, 0) is 10.0 Å². The van der Waals surface area contributed by atoms with Crippen molar-refractivity contribution in [2.24, 2.45) is 0 Å². The highest BCUT2D eigenvalue weighted by atomic mass is 79.9. The molecule has 1 saturated carbocycles. The maximum Gasteiger partial charge on any atom is 0.241 e. The van der Waals surface area contributed by atoms with Crippen molar-refractivity contribution in [3.8, 4) is 0 Å². The molecule has 0 unspecified atom stereocenters. The number of hydrogen-bond donors (Lipinski definition) is 1. The molecule has 0 radical (unpaired) electrons. The molecule has 1 aliphatic rings. The van der Waals surface area contributed by atoms with Crippen molar-refractivity contribution < 1.29 is 8.42 Å². The van der Waals surface area contributed by atoms with Gasteiger partial charge >= 0.3 is 0 Å². The second kappa shape index (κ2) is 6.61. The molecule has 0 aromatic heterocycles. The van der Waals surface area contributed by atoms with E-state index in [1.807, 2.05) is 17.8 Å². The van der Waals surface area contributed by atoms with Crippen LogP contribution in [0.2, 0.25) is 0 Å². The van der Waals surface area contributed by atoms with E-state index in [9.17, 15) is 8.42 Å². The molecule has 0 amide bonds. The number of sulfonamides is 1. The molecular formula is C13H18BrNO2S2. The lowest BCUT2D eigenvalue weighted by Crippen LogP contribution is -2.38. The van der Waals surface area contributed by atoms with Gasteiger partial charge in [0, 0.05) is 15.8 Å². The van der Waals surface area contributed by atoms with Gasteiger partial charge in [0.1, 0.15) is 0 Å². The number of rotatable bonds is 4. The average Bonchev–Trinajstić information content (AvgIpc) is 2.39. The van der Waals surface area contributed by atoms with Gasteiger partial charge in [-0.05, 0) is 60.0 Å². The van der Waals surface area contributed by atoms with Gasteiger partial charge in [-0.15, -0.1) is 0 Å². The zero-order valence-corrected chi connectivity index (χ0v) is 14.0. The van der Waals surface area contributed by atoms with E-state index in [0.717, 1.165) is 25.7 Å². The van der Waals surface area contributed by atoms with Crippen LogP contribution < -0.4 is 4.72 Å². The minimum Gasteiger partial charge on any atom is -0.208 e. The van der Waals surface area contributed by atoms with Crippen LogP contribution in [0.15, 0.2) is 33.6 Å². The van der Waals surface area contributed by atoms with Crippen molar-refractivity contribution in [3.05, 3.63) is 28.7 Å². The lowest BCUT2D eigenvalue weighted by atomic mass is 9.96. The minimum absolute atomic E-state index is 0.0699. The monoisotopic (exact) mass is 363 g/mol. The summed E-state index contributed by atoms with van der Waals surface area (Å²) < 4.78 is 28.1. The van der Waals surface area contributed by atoms with Crippen LogP contribution in [0.4, 0.5) is 0 Å². The van der Waals surface area contributed by atoms with Gasteiger partial charge in [0.25, 0.3) is 0 Å². The molecule has 0 spiro atoms. The average molecular weight is 364 g/mol. The lowest BCUT2D eigenvalue weighted by Gasteiger charge is -2.27. The Hall–Kier alpha value is -0.0400. The fraction of sp³-hybridized carbons (Fsp3) is 0.538. The lowest BCUT2D eigenvalue weighted by molar-refractivity contribution is 0.420. The first-order valence-electron chi connectivity index (χ1n) is 6.32. The summed E-state index contributed by atoms with van der Waals surface area (Å²) in [5.74, 6) is 0. The third-order valence-electron chi connectivity index (χ3n) is 3.46. The first-order chi connectivity index (χ1) is 9.03. The zero-order valence-electron chi connectivity index (χ0n) is 10.8. The van der Waals surface area contributed by atoms with Crippen LogP contribution in [-0.4, -0.2) is 26.0 Å². The van der Waals surface area contributed by atoms with Crippen molar-refractivity contribution in [3.63, 3.8) is 0 Å². The molecule has 0 heterocycles. The number of benzene rings is 1. The maximum atomic E-state index is 12.3. The van der Waals surface area contributed by atoms with E-state index < -0.39 is 10.0 Å². The molecule has 0 atom stereocenters. The number of nitrogens with one attached hydrogen (secondary N) is 1. The molecule has 1 aromatic carbocycles. The molecule has 2 rings (SSSR count). The third kappa shape index (κ3) is 3.97. The fourth-order valence-corrected chi connectivity index (χ4v) is 5.41. The van der Waals surface area contributed by atoms with Crippen molar-refractivity contribution in [1.29, 1.82) is 0 Å². The zero-order chi connectivity index (χ0) is 13.9. The highest BCUT2D eigenvalue weighted by molar-refractivity contribution is 9.10. The molecule has 0 aliphatic heterocycles. The van der Waals surface area contributed by atoms with Gasteiger partial charge < -0.3 is 0 Å². The van der Waals surface area contributed by atoms with Gasteiger partial charge in [-0.2, -0.15) is 11.8 Å². The Morgan fingerprint density at radius 3 is 2.42 bits per heavy atom. The van der Waals surface area contributed by atoms with Gasteiger partial charge in [0.15, 0.2) is 0 Å². The molecule has 19 heavy (non-hydrogen) atoms. The Balaban J connectivity index is 2.05. The van der Waals surface area contributed by atoms with Crippen LogP contribution in [0.5, 0.6) is 0 Å². The summed E-state index contributed by atoms with van der Waals surface area (Å²) in [5, 5.41) is 0.684. The number of hydrogen-bond acceptors (Lipinski definition) is 3. The summed E-state index contributed by atoms with van der Waals surface area (Å²) >= 11 is 5.18. The van der Waals surface area contributed by atoms with Crippen molar-refractivity contribution in [2.45, 2.75) is 41.9 Å². The van der Waals surface area contributed by atoms with Crippen LogP contribution in [0.1, 0.15) is 25.7 Å². The van der Waals surface area contributed by atoms with Crippen molar-refractivity contribution in [2.75, 3.05) is 6.26 Å². The van der Waals surface area contributed by atoms with Gasteiger partial charge in [-0.3, -0.25) is 0 Å². The highest BCUT2D eigenvalue weighted by Gasteiger charge is 2.26. The molecule has 0 saturated heterocycles. The Bertz CT molecular complexity index is 525. The van der Waals surface area contributed by atoms with Crippen LogP contribution in [0.25, 0.3) is 0 Å². The normalized spacial score (nSPS) is 24.3. The molecule has 106 valence electrons. The molecule has 6 heteroatoms. The van der Waals surface area contributed by atoms with E-state index in [2.05, 4.69) is 26.9 Å². The maximum absolute atomic E-state index is 12.3. The quantitative estimate of drug-likeness (QED) is 0.891. The third-order valence-corrected chi connectivity index (χ3v) is 7.13. The SMILES string of the molecule is CSC1CCC(NS(=O)(=O)c2ccccc2Br)CC1. The Labute approximate surface area is 127 Å². The van der Waals surface area contributed by atoms with Gasteiger partial charge in [0.2, 0.25) is 10.0 Å². The summed E-state index contributed by atoms with van der Waals surface area (Å²) in [6, 6.07) is 7.00. The second-order valence-electron chi connectivity index (χ2n) is 4.76. The van der Waals surface area contributed by atoms with E-state index in [0.29, 0.717) is 14.6 Å². The second-order valence-corrected chi connectivity index (χ2v) is 8.44. The van der Waals surface area contributed by atoms with E-state index in [1.54, 1.807) is 18.2 Å². The Morgan fingerprint density at radius 2 is 1.84 bits per heavy atom. The van der Waals surface area contributed by atoms with Gasteiger partial charge in [-0.25, -0.2) is 13.1 Å². The van der Waals surface area contributed by atoms with Crippen LogP contribution >= 0.6 is 27.7 Å². The molecule has 1 aromatic rings. The van der Waals surface area contributed by atoms with Crippen LogP contribution in [0.3, 0.4) is 0 Å². The summed E-state index contributed by atoms with van der Waals surface area (Å²) in [4.78, 5) is 0.321. The number of halogens is 1. The molecule has 0 bridgehead atoms. The summed E-state index contributed by atoms with van der Waals surface area (Å²) in [7, 11) is -3.42. The van der Waals surface area contributed by atoms with E-state index >= 15 is 0 Å². The van der Waals surface area contributed by atoms with E-state index in [4.69, 9.17) is 0 Å². The minimum atomic E-state index is -3.42. The summed E-state index contributed by atoms with van der Waals surface area (Å²) in [6.45, 7) is 0. The smallest absolute Gasteiger partial charge is 0.208 e. The fourth-order valence-electron chi connectivity index (χ4n) is 2.36. The largest absolute Gasteiger partial charge is 0.241 e. The molecular weight excluding hydrogens is 346 g/mol. The Morgan fingerprint density at radius 1 is 1.21 bits per heavy atom. The van der Waals surface area contributed by atoms with Gasteiger partial charge in [0.05, 0.1) is 4.90 Å². The first kappa shape index (κ1) is 15.4. The van der Waals surface area contributed by atoms with Crippen molar-refractivity contribution >= 4 is 37.7 Å². The molecule has 3 nitrogen and oxygen atoms in total.